The summed E-state index contributed by atoms with van der Waals surface area (Å²) in [5, 5.41) is 4.18. The molecular weight excluding hydrogens is 274 g/mol. The van der Waals surface area contributed by atoms with Crippen molar-refractivity contribution in [2.75, 3.05) is 24.6 Å². The lowest BCUT2D eigenvalue weighted by molar-refractivity contribution is 0.0529. The monoisotopic (exact) mass is 297 g/mol. The molecule has 2 rings (SSSR count). The Hall–Kier alpha value is -0.840. The summed E-state index contributed by atoms with van der Waals surface area (Å²) >= 11 is 6.25. The van der Waals surface area contributed by atoms with Crippen LogP contribution >= 0.6 is 11.6 Å². The first-order valence-electron chi connectivity index (χ1n) is 7.11. The largest absolute Gasteiger partial charge is 0.375 e. The minimum absolute atomic E-state index is 0.0697. The van der Waals surface area contributed by atoms with Gasteiger partial charge < -0.3 is 15.0 Å². The predicted octanol–water partition coefficient (Wildman–Crippen LogP) is 2.85. The van der Waals surface area contributed by atoms with Crippen LogP contribution in [0.5, 0.6) is 0 Å². The Morgan fingerprint density at radius 2 is 2.25 bits per heavy atom. The highest BCUT2D eigenvalue weighted by Gasteiger charge is 2.19. The lowest BCUT2D eigenvalue weighted by Crippen LogP contribution is -2.41. The summed E-state index contributed by atoms with van der Waals surface area (Å²) in [5.41, 5.74) is 1.16. The molecule has 0 saturated carbocycles. The van der Waals surface area contributed by atoms with E-state index in [-0.39, 0.29) is 11.6 Å². The number of aromatic nitrogens is 1. The highest BCUT2D eigenvalue weighted by atomic mass is 35.5. The van der Waals surface area contributed by atoms with Gasteiger partial charge >= 0.3 is 0 Å². The van der Waals surface area contributed by atoms with E-state index in [1.165, 1.54) is 0 Å². The Balaban J connectivity index is 2.11. The molecular formula is C15H24ClN3O. The van der Waals surface area contributed by atoms with Gasteiger partial charge in [-0.2, -0.15) is 0 Å². The smallest absolute Gasteiger partial charge is 0.129 e. The third kappa shape index (κ3) is 4.33. The summed E-state index contributed by atoms with van der Waals surface area (Å²) in [5.74, 6) is 0.982. The summed E-state index contributed by atoms with van der Waals surface area (Å²) in [6.45, 7) is 11.8. The summed E-state index contributed by atoms with van der Waals surface area (Å²) in [4.78, 5) is 6.71. The first-order valence-corrected chi connectivity index (χ1v) is 7.49. The Kier molecular flexibility index (Phi) is 4.89. The summed E-state index contributed by atoms with van der Waals surface area (Å²) in [6.07, 6.45) is 1.99. The van der Waals surface area contributed by atoms with E-state index < -0.39 is 0 Å². The van der Waals surface area contributed by atoms with Crippen LogP contribution in [0.25, 0.3) is 0 Å². The summed E-state index contributed by atoms with van der Waals surface area (Å²) < 4.78 is 5.57. The molecule has 1 aliphatic rings. The minimum Gasteiger partial charge on any atom is -0.375 e. The number of ether oxygens (including phenoxy) is 1. The van der Waals surface area contributed by atoms with Gasteiger partial charge in [0.05, 0.1) is 17.7 Å². The molecule has 1 unspecified atom stereocenters. The van der Waals surface area contributed by atoms with Crippen molar-refractivity contribution in [1.29, 1.82) is 0 Å². The van der Waals surface area contributed by atoms with Gasteiger partial charge in [-0.1, -0.05) is 11.6 Å². The zero-order valence-corrected chi connectivity index (χ0v) is 13.5. The van der Waals surface area contributed by atoms with Crippen molar-refractivity contribution in [3.05, 3.63) is 22.8 Å². The first-order chi connectivity index (χ1) is 9.35. The van der Waals surface area contributed by atoms with Crippen LogP contribution in [0.3, 0.4) is 0 Å². The lowest BCUT2D eigenvalue weighted by Gasteiger charge is -2.32. The number of hydrogen-bond donors (Lipinski definition) is 1. The van der Waals surface area contributed by atoms with E-state index in [1.807, 2.05) is 0 Å². The van der Waals surface area contributed by atoms with Crippen LogP contribution in [0.15, 0.2) is 12.3 Å². The van der Waals surface area contributed by atoms with Crippen molar-refractivity contribution in [2.45, 2.75) is 45.9 Å². The zero-order chi connectivity index (χ0) is 14.8. The van der Waals surface area contributed by atoms with Crippen molar-refractivity contribution < 1.29 is 4.74 Å². The second-order valence-corrected chi connectivity index (χ2v) is 6.77. The van der Waals surface area contributed by atoms with Crippen LogP contribution in [0.2, 0.25) is 5.02 Å². The third-order valence-corrected chi connectivity index (χ3v) is 3.63. The molecule has 1 aromatic heterocycles. The molecule has 0 aliphatic carbocycles. The van der Waals surface area contributed by atoms with Crippen LogP contribution in [-0.2, 0) is 11.3 Å². The van der Waals surface area contributed by atoms with E-state index in [0.29, 0.717) is 5.02 Å². The second-order valence-electron chi connectivity index (χ2n) is 6.36. The molecule has 0 spiro atoms. The van der Waals surface area contributed by atoms with Crippen molar-refractivity contribution in [1.82, 2.24) is 10.3 Å². The van der Waals surface area contributed by atoms with E-state index in [0.717, 1.165) is 37.6 Å². The number of nitrogens with zero attached hydrogens (tertiary/aromatic N) is 2. The molecule has 0 bridgehead atoms. The van der Waals surface area contributed by atoms with Gasteiger partial charge in [-0.15, -0.1) is 0 Å². The maximum atomic E-state index is 6.25. The maximum absolute atomic E-state index is 6.25. The average Bonchev–Trinajstić information content (AvgIpc) is 2.37. The summed E-state index contributed by atoms with van der Waals surface area (Å²) in [6, 6.07) is 2.08. The standard InChI is InChI=1S/C15H24ClN3O/c1-11-10-19(5-6-20-11)14-7-12(13(16)9-17-14)8-18-15(2,3)4/h7,9,11,18H,5-6,8,10H2,1-4H3. The average molecular weight is 298 g/mol. The number of morpholine rings is 1. The fourth-order valence-corrected chi connectivity index (χ4v) is 2.33. The highest BCUT2D eigenvalue weighted by molar-refractivity contribution is 6.31. The Morgan fingerprint density at radius 1 is 1.50 bits per heavy atom. The van der Waals surface area contributed by atoms with Gasteiger partial charge in [-0.05, 0) is 39.3 Å². The molecule has 1 N–H and O–H groups in total. The Morgan fingerprint density at radius 3 is 2.90 bits per heavy atom. The van der Waals surface area contributed by atoms with Gasteiger partial charge in [0.1, 0.15) is 5.82 Å². The number of halogens is 1. The molecule has 4 nitrogen and oxygen atoms in total. The molecule has 1 aliphatic heterocycles. The normalized spacial score (nSPS) is 20.2. The SMILES string of the molecule is CC1CN(c2cc(CNC(C)(C)C)c(Cl)cn2)CCO1. The fraction of sp³-hybridized carbons (Fsp3) is 0.667. The van der Waals surface area contributed by atoms with Crippen molar-refractivity contribution >= 4 is 17.4 Å². The Bertz CT molecular complexity index is 459. The number of nitrogens with one attached hydrogen (secondary N) is 1. The molecule has 5 heteroatoms. The van der Waals surface area contributed by atoms with Crippen LogP contribution in [0.4, 0.5) is 5.82 Å². The number of anilines is 1. The Labute approximate surface area is 126 Å². The van der Waals surface area contributed by atoms with Crippen molar-refractivity contribution in [3.8, 4) is 0 Å². The van der Waals surface area contributed by atoms with Gasteiger partial charge in [0.25, 0.3) is 0 Å². The topological polar surface area (TPSA) is 37.4 Å². The molecule has 1 atom stereocenters. The first kappa shape index (κ1) is 15.5. The van der Waals surface area contributed by atoms with E-state index in [1.54, 1.807) is 6.20 Å². The van der Waals surface area contributed by atoms with Crippen molar-refractivity contribution in [3.63, 3.8) is 0 Å². The van der Waals surface area contributed by atoms with Gasteiger partial charge in [0.15, 0.2) is 0 Å². The molecule has 20 heavy (non-hydrogen) atoms. The molecule has 1 saturated heterocycles. The molecule has 1 fully saturated rings. The maximum Gasteiger partial charge on any atom is 0.129 e. The van der Waals surface area contributed by atoms with E-state index in [9.17, 15) is 0 Å². The van der Waals surface area contributed by atoms with E-state index in [2.05, 4.69) is 49.0 Å². The number of pyridine rings is 1. The third-order valence-electron chi connectivity index (χ3n) is 3.29. The van der Waals surface area contributed by atoms with Crippen molar-refractivity contribution in [2.24, 2.45) is 0 Å². The number of rotatable bonds is 3. The molecule has 0 aromatic carbocycles. The van der Waals surface area contributed by atoms with Crippen LogP contribution in [0, 0.1) is 0 Å². The van der Waals surface area contributed by atoms with Gasteiger partial charge in [0.2, 0.25) is 0 Å². The highest BCUT2D eigenvalue weighted by Crippen LogP contribution is 2.22. The zero-order valence-electron chi connectivity index (χ0n) is 12.7. The quantitative estimate of drug-likeness (QED) is 0.931. The molecule has 2 heterocycles. The van der Waals surface area contributed by atoms with Crippen LogP contribution in [0.1, 0.15) is 33.3 Å². The molecule has 0 radical (unpaired) electrons. The van der Waals surface area contributed by atoms with Gasteiger partial charge in [-0.25, -0.2) is 4.98 Å². The molecule has 1 aromatic rings. The van der Waals surface area contributed by atoms with E-state index >= 15 is 0 Å². The van der Waals surface area contributed by atoms with Crippen LogP contribution in [-0.4, -0.2) is 36.3 Å². The predicted molar refractivity (Wildman–Crippen MR) is 83.5 cm³/mol. The van der Waals surface area contributed by atoms with Crippen LogP contribution < -0.4 is 10.2 Å². The number of hydrogen-bond acceptors (Lipinski definition) is 4. The van der Waals surface area contributed by atoms with Gasteiger partial charge in [-0.3, -0.25) is 0 Å². The van der Waals surface area contributed by atoms with Gasteiger partial charge in [0, 0.05) is 31.4 Å². The minimum atomic E-state index is 0.0697. The lowest BCUT2D eigenvalue weighted by atomic mass is 10.1. The molecule has 112 valence electrons. The summed E-state index contributed by atoms with van der Waals surface area (Å²) in [7, 11) is 0. The fourth-order valence-electron chi connectivity index (χ4n) is 2.16. The molecule has 0 amide bonds. The van der Waals surface area contributed by atoms with E-state index in [4.69, 9.17) is 16.3 Å². The second kappa shape index (κ2) is 6.29.